The number of carboxylic acid groups (broad SMARTS) is 1. The standard InChI is InChI=1S/C21H33NO7/c1-4-5-14-22(18(24)25)15-19(2,3)16-6-10-20(11-7-16)26-28-21(29-27-20)12-8-17(23)9-13-21/h1,16-17,23H,5-15H2,2-3H3,(H,24,25). The summed E-state index contributed by atoms with van der Waals surface area (Å²) in [6.07, 6.45) is 9.52. The maximum absolute atomic E-state index is 11.5. The third-order valence-corrected chi connectivity index (χ3v) is 6.66. The van der Waals surface area contributed by atoms with Crippen LogP contribution in [-0.2, 0) is 19.6 Å². The second-order valence-electron chi connectivity index (χ2n) is 9.31. The fraction of sp³-hybridized carbons (Fsp3) is 0.857. The van der Waals surface area contributed by atoms with Gasteiger partial charge >= 0.3 is 6.09 Å². The molecule has 8 nitrogen and oxygen atoms in total. The second kappa shape index (κ2) is 8.78. The third kappa shape index (κ3) is 5.22. The van der Waals surface area contributed by atoms with Gasteiger partial charge in [-0.3, -0.25) is 0 Å². The SMILES string of the molecule is C#CCCN(CC(C)(C)C1CCC2(CC1)OOC1(CCC(O)CC1)OO2)C(=O)O. The monoisotopic (exact) mass is 411 g/mol. The van der Waals surface area contributed by atoms with Gasteiger partial charge in [0.05, 0.1) is 6.10 Å². The molecule has 3 rings (SSSR count). The molecule has 0 aromatic carbocycles. The molecule has 0 radical (unpaired) electrons. The average Bonchev–Trinajstić information content (AvgIpc) is 2.70. The van der Waals surface area contributed by atoms with E-state index in [4.69, 9.17) is 26.0 Å². The van der Waals surface area contributed by atoms with Crippen LogP contribution in [0.2, 0.25) is 0 Å². The van der Waals surface area contributed by atoms with Crippen molar-refractivity contribution in [2.45, 2.75) is 89.3 Å². The smallest absolute Gasteiger partial charge is 0.407 e. The number of hydrogen-bond donors (Lipinski definition) is 2. The molecule has 0 aromatic heterocycles. The number of amides is 1. The summed E-state index contributed by atoms with van der Waals surface area (Å²) in [5.74, 6) is 0.988. The lowest BCUT2D eigenvalue weighted by Crippen LogP contribution is -2.54. The fourth-order valence-electron chi connectivity index (χ4n) is 4.61. The van der Waals surface area contributed by atoms with Gasteiger partial charge in [-0.1, -0.05) is 13.8 Å². The number of aliphatic hydroxyl groups excluding tert-OH is 1. The van der Waals surface area contributed by atoms with E-state index in [1.165, 1.54) is 4.90 Å². The van der Waals surface area contributed by atoms with Gasteiger partial charge in [-0.15, -0.1) is 12.3 Å². The molecule has 1 saturated heterocycles. The molecule has 2 N–H and O–H groups in total. The molecule has 1 heterocycles. The van der Waals surface area contributed by atoms with E-state index in [-0.39, 0.29) is 11.5 Å². The van der Waals surface area contributed by atoms with Gasteiger partial charge in [0.1, 0.15) is 0 Å². The van der Waals surface area contributed by atoms with Crippen molar-refractivity contribution in [3.05, 3.63) is 0 Å². The lowest BCUT2D eigenvalue weighted by atomic mass is 9.69. The Balaban J connectivity index is 1.52. The second-order valence-corrected chi connectivity index (χ2v) is 9.31. The average molecular weight is 411 g/mol. The van der Waals surface area contributed by atoms with Crippen LogP contribution in [-0.4, -0.2) is 52.0 Å². The van der Waals surface area contributed by atoms with E-state index < -0.39 is 17.7 Å². The van der Waals surface area contributed by atoms with Crippen molar-refractivity contribution in [2.75, 3.05) is 13.1 Å². The van der Waals surface area contributed by atoms with Crippen LogP contribution in [0.3, 0.4) is 0 Å². The first-order valence-electron chi connectivity index (χ1n) is 10.5. The van der Waals surface area contributed by atoms with Crippen molar-refractivity contribution in [2.24, 2.45) is 11.3 Å². The first-order valence-corrected chi connectivity index (χ1v) is 10.5. The highest BCUT2D eigenvalue weighted by atomic mass is 17.4. The van der Waals surface area contributed by atoms with Crippen molar-refractivity contribution in [3.8, 4) is 12.3 Å². The Bertz CT molecular complexity index is 601. The van der Waals surface area contributed by atoms with Crippen LogP contribution in [0.15, 0.2) is 0 Å². The molecule has 8 heteroatoms. The van der Waals surface area contributed by atoms with Gasteiger partial charge in [0, 0.05) is 45.2 Å². The van der Waals surface area contributed by atoms with Crippen molar-refractivity contribution in [3.63, 3.8) is 0 Å². The Hall–Kier alpha value is -1.37. The van der Waals surface area contributed by atoms with E-state index >= 15 is 0 Å². The van der Waals surface area contributed by atoms with E-state index in [2.05, 4.69) is 19.8 Å². The fourth-order valence-corrected chi connectivity index (χ4v) is 4.61. The van der Waals surface area contributed by atoms with E-state index in [1.807, 2.05) is 0 Å². The largest absolute Gasteiger partial charge is 0.465 e. The van der Waals surface area contributed by atoms with Crippen molar-refractivity contribution in [1.82, 2.24) is 4.90 Å². The minimum atomic E-state index is -0.941. The summed E-state index contributed by atoms with van der Waals surface area (Å²) >= 11 is 0. The molecular formula is C21H33NO7. The summed E-state index contributed by atoms with van der Waals surface area (Å²) in [5.41, 5.74) is -0.203. The summed E-state index contributed by atoms with van der Waals surface area (Å²) in [7, 11) is 0. The van der Waals surface area contributed by atoms with E-state index in [1.54, 1.807) is 0 Å². The zero-order valence-corrected chi connectivity index (χ0v) is 17.4. The normalized spacial score (nSPS) is 35.4. The number of aliphatic hydroxyl groups is 1. The van der Waals surface area contributed by atoms with Gasteiger partial charge in [0.2, 0.25) is 11.6 Å². The third-order valence-electron chi connectivity index (χ3n) is 6.66. The Labute approximate surface area is 172 Å². The predicted octanol–water partition coefficient (Wildman–Crippen LogP) is 3.44. The number of rotatable bonds is 5. The van der Waals surface area contributed by atoms with E-state index in [9.17, 15) is 15.0 Å². The summed E-state index contributed by atoms with van der Waals surface area (Å²) in [5, 5.41) is 19.1. The molecule has 3 aliphatic rings. The predicted molar refractivity (Wildman–Crippen MR) is 103 cm³/mol. The van der Waals surface area contributed by atoms with Gasteiger partial charge in [-0.25, -0.2) is 4.79 Å². The van der Waals surface area contributed by atoms with Crippen LogP contribution < -0.4 is 0 Å². The number of nitrogens with zero attached hydrogens (tertiary/aromatic N) is 1. The molecule has 0 unspecified atom stereocenters. The van der Waals surface area contributed by atoms with E-state index in [0.717, 1.165) is 12.8 Å². The summed E-state index contributed by atoms with van der Waals surface area (Å²) in [6.45, 7) is 4.97. The van der Waals surface area contributed by atoms with Crippen LogP contribution in [0.4, 0.5) is 4.79 Å². The van der Waals surface area contributed by atoms with Crippen molar-refractivity contribution >= 4 is 6.09 Å². The Morgan fingerprint density at radius 2 is 1.55 bits per heavy atom. The Morgan fingerprint density at radius 1 is 1.07 bits per heavy atom. The van der Waals surface area contributed by atoms with Crippen LogP contribution in [0.5, 0.6) is 0 Å². The minimum absolute atomic E-state index is 0.203. The molecule has 2 spiro atoms. The van der Waals surface area contributed by atoms with Crippen LogP contribution in [0.1, 0.15) is 71.6 Å². The van der Waals surface area contributed by atoms with Gasteiger partial charge in [0.15, 0.2) is 0 Å². The van der Waals surface area contributed by atoms with Crippen LogP contribution in [0.25, 0.3) is 0 Å². The van der Waals surface area contributed by atoms with Gasteiger partial charge in [-0.05, 0) is 37.0 Å². The molecule has 164 valence electrons. The summed E-state index contributed by atoms with van der Waals surface area (Å²) in [6, 6.07) is 0. The lowest BCUT2D eigenvalue weighted by Gasteiger charge is -2.49. The lowest BCUT2D eigenvalue weighted by molar-refractivity contribution is -0.663. The molecule has 1 amide bonds. The van der Waals surface area contributed by atoms with Gasteiger partial charge < -0.3 is 15.1 Å². The topological polar surface area (TPSA) is 97.7 Å². The van der Waals surface area contributed by atoms with Gasteiger partial charge in [0.25, 0.3) is 0 Å². The number of terminal acetylenes is 1. The first-order chi connectivity index (χ1) is 13.7. The minimum Gasteiger partial charge on any atom is -0.465 e. The molecule has 0 bridgehead atoms. The van der Waals surface area contributed by atoms with Crippen LogP contribution >= 0.6 is 0 Å². The number of hydrogen-bond acceptors (Lipinski definition) is 6. The summed E-state index contributed by atoms with van der Waals surface area (Å²) in [4.78, 5) is 35.7. The zero-order chi connectivity index (χ0) is 21.1. The van der Waals surface area contributed by atoms with Gasteiger partial charge in [-0.2, -0.15) is 19.6 Å². The maximum Gasteiger partial charge on any atom is 0.407 e. The van der Waals surface area contributed by atoms with Crippen molar-refractivity contribution < 1.29 is 34.6 Å². The number of carbonyl (C=O) groups is 1. The van der Waals surface area contributed by atoms with Crippen molar-refractivity contribution in [1.29, 1.82) is 0 Å². The highest BCUT2D eigenvalue weighted by Crippen LogP contribution is 2.48. The maximum atomic E-state index is 11.5. The highest BCUT2D eigenvalue weighted by molar-refractivity contribution is 5.65. The Morgan fingerprint density at radius 3 is 2.00 bits per heavy atom. The molecular weight excluding hydrogens is 378 g/mol. The first kappa shape index (κ1) is 22.3. The molecule has 2 saturated carbocycles. The molecule has 0 aromatic rings. The molecule has 2 aliphatic carbocycles. The van der Waals surface area contributed by atoms with Crippen LogP contribution in [0, 0.1) is 23.7 Å². The summed E-state index contributed by atoms with van der Waals surface area (Å²) < 4.78 is 0. The highest BCUT2D eigenvalue weighted by Gasteiger charge is 2.52. The quantitative estimate of drug-likeness (QED) is 0.528. The molecule has 3 fully saturated rings. The van der Waals surface area contributed by atoms with E-state index in [0.29, 0.717) is 64.0 Å². The molecule has 29 heavy (non-hydrogen) atoms. The Kier molecular flexibility index (Phi) is 6.76. The zero-order valence-electron chi connectivity index (χ0n) is 17.4. The molecule has 1 aliphatic heterocycles. The molecule has 0 atom stereocenters.